The molecule has 7 nitrogen and oxygen atoms in total. The van der Waals surface area contributed by atoms with Gasteiger partial charge in [-0.05, 0) is 13.3 Å². The summed E-state index contributed by atoms with van der Waals surface area (Å²) in [4.78, 5) is 10.2. The predicted octanol–water partition coefficient (Wildman–Crippen LogP) is 0.719. The van der Waals surface area contributed by atoms with Crippen molar-refractivity contribution in [1.29, 1.82) is 0 Å². The molecule has 0 radical (unpaired) electrons. The third-order valence-corrected chi connectivity index (χ3v) is 2.49. The van der Waals surface area contributed by atoms with Gasteiger partial charge >= 0.3 is 0 Å². The van der Waals surface area contributed by atoms with Crippen LogP contribution in [0.15, 0.2) is 12.3 Å². The quantitative estimate of drug-likeness (QED) is 0.342. The van der Waals surface area contributed by atoms with E-state index in [2.05, 4.69) is 5.32 Å². The normalized spacial score (nSPS) is 12.2. The molecular weight excluding hydrogens is 226 g/mol. The van der Waals surface area contributed by atoms with Gasteiger partial charge in [-0.2, -0.15) is 0 Å². The van der Waals surface area contributed by atoms with Gasteiger partial charge in [-0.25, -0.2) is 4.73 Å². The van der Waals surface area contributed by atoms with E-state index in [1.165, 1.54) is 13.0 Å². The first-order chi connectivity index (χ1) is 7.99. The molecule has 2 N–H and O–H groups in total. The number of anilines is 1. The van der Waals surface area contributed by atoms with E-state index in [0.29, 0.717) is 16.7 Å². The number of nitrogens with zero attached hydrogens (tertiary/aromatic N) is 2. The zero-order chi connectivity index (χ0) is 13.0. The maximum atomic E-state index is 11.5. The predicted molar refractivity (Wildman–Crippen MR) is 61.6 cm³/mol. The van der Waals surface area contributed by atoms with Crippen LogP contribution >= 0.6 is 0 Å². The van der Waals surface area contributed by atoms with E-state index in [-0.39, 0.29) is 24.2 Å². The summed E-state index contributed by atoms with van der Waals surface area (Å²) in [5.41, 5.74) is 0.181. The van der Waals surface area contributed by atoms with E-state index in [0.717, 1.165) is 6.20 Å². The van der Waals surface area contributed by atoms with E-state index < -0.39 is 4.92 Å². The lowest BCUT2D eigenvalue weighted by Crippen LogP contribution is -2.35. The number of rotatable bonds is 5. The summed E-state index contributed by atoms with van der Waals surface area (Å²) in [6.45, 7) is 3.20. The number of nitrogens with one attached hydrogen (secondary N) is 1. The molecule has 0 aromatic carbocycles. The first kappa shape index (κ1) is 13.2. The molecule has 0 aliphatic rings. The van der Waals surface area contributed by atoms with Crippen LogP contribution in [-0.4, -0.2) is 22.7 Å². The Balaban J connectivity index is 3.07. The summed E-state index contributed by atoms with van der Waals surface area (Å²) in [6, 6.07) is 0.887. The average Bonchev–Trinajstić information content (AvgIpc) is 2.27. The van der Waals surface area contributed by atoms with Gasteiger partial charge in [0.05, 0.1) is 17.1 Å². The highest BCUT2D eigenvalue weighted by molar-refractivity contribution is 5.45. The molecule has 1 heterocycles. The fraction of sp³-hybridized carbons (Fsp3) is 0.500. The van der Waals surface area contributed by atoms with Gasteiger partial charge in [0.15, 0.2) is 0 Å². The number of hydrogen-bond acceptors (Lipinski definition) is 5. The fourth-order valence-corrected chi connectivity index (χ4v) is 1.41. The Morgan fingerprint density at radius 3 is 2.76 bits per heavy atom. The van der Waals surface area contributed by atoms with Gasteiger partial charge in [0.1, 0.15) is 18.3 Å². The summed E-state index contributed by atoms with van der Waals surface area (Å²) < 4.78 is 0.528. The summed E-state index contributed by atoms with van der Waals surface area (Å²) in [7, 11) is 0. The molecule has 0 bridgehead atoms. The molecule has 1 aromatic heterocycles. The van der Waals surface area contributed by atoms with Crippen LogP contribution in [0.5, 0.6) is 0 Å². The first-order valence-electron chi connectivity index (χ1n) is 5.25. The van der Waals surface area contributed by atoms with E-state index in [9.17, 15) is 15.3 Å². The van der Waals surface area contributed by atoms with Gasteiger partial charge in [0.25, 0.3) is 11.5 Å². The summed E-state index contributed by atoms with van der Waals surface area (Å²) >= 11 is 0. The summed E-state index contributed by atoms with van der Waals surface area (Å²) in [6.07, 6.45) is 1.75. The standard InChI is InChI=1S/C10H15N3O4/c1-3-8(6-14)11-10-4-9(13(16)17)7(2)5-12(10)15/h4-5,8,11,14H,3,6H2,1-2H3. The molecule has 1 aromatic rings. The molecule has 1 atom stereocenters. The van der Waals surface area contributed by atoms with Crippen LogP contribution in [0.3, 0.4) is 0 Å². The van der Waals surface area contributed by atoms with E-state index in [1.807, 2.05) is 6.92 Å². The fourth-order valence-electron chi connectivity index (χ4n) is 1.41. The summed E-state index contributed by atoms with van der Waals surface area (Å²) in [5, 5.41) is 34.0. The van der Waals surface area contributed by atoms with Crippen LogP contribution in [0.25, 0.3) is 0 Å². The minimum absolute atomic E-state index is 0.0724. The Hall–Kier alpha value is -1.89. The van der Waals surface area contributed by atoms with Crippen LogP contribution in [-0.2, 0) is 0 Å². The van der Waals surface area contributed by atoms with Crippen molar-refractivity contribution >= 4 is 11.5 Å². The van der Waals surface area contributed by atoms with E-state index in [4.69, 9.17) is 5.11 Å². The average molecular weight is 241 g/mol. The highest BCUT2D eigenvalue weighted by Crippen LogP contribution is 2.19. The molecule has 0 amide bonds. The molecule has 94 valence electrons. The van der Waals surface area contributed by atoms with Crippen molar-refractivity contribution in [1.82, 2.24) is 0 Å². The molecule has 0 saturated carbocycles. The number of aliphatic hydroxyl groups is 1. The van der Waals surface area contributed by atoms with Crippen LogP contribution in [0.4, 0.5) is 11.5 Å². The number of aromatic nitrogens is 1. The smallest absolute Gasteiger partial charge is 0.284 e. The maximum Gasteiger partial charge on any atom is 0.284 e. The zero-order valence-electron chi connectivity index (χ0n) is 9.71. The van der Waals surface area contributed by atoms with Gasteiger partial charge in [-0.1, -0.05) is 6.92 Å². The molecule has 1 unspecified atom stereocenters. The van der Waals surface area contributed by atoms with Crippen molar-refractivity contribution in [3.8, 4) is 0 Å². The first-order valence-corrected chi connectivity index (χ1v) is 5.25. The third-order valence-electron chi connectivity index (χ3n) is 2.49. The van der Waals surface area contributed by atoms with Crippen molar-refractivity contribution in [2.75, 3.05) is 11.9 Å². The lowest BCUT2D eigenvalue weighted by molar-refractivity contribution is -0.591. The number of pyridine rings is 1. The third kappa shape index (κ3) is 3.04. The topological polar surface area (TPSA) is 102 Å². The number of nitro groups is 1. The molecule has 0 spiro atoms. The van der Waals surface area contributed by atoms with Gasteiger partial charge < -0.3 is 10.3 Å². The number of hydrogen-bond donors (Lipinski definition) is 2. The van der Waals surface area contributed by atoms with Gasteiger partial charge in [0, 0.05) is 0 Å². The number of aryl methyl sites for hydroxylation is 1. The van der Waals surface area contributed by atoms with Gasteiger partial charge in [0.2, 0.25) is 0 Å². The highest BCUT2D eigenvalue weighted by atomic mass is 16.6. The largest absolute Gasteiger partial charge is 0.711 e. The van der Waals surface area contributed by atoms with Crippen LogP contribution < -0.4 is 10.0 Å². The van der Waals surface area contributed by atoms with E-state index >= 15 is 0 Å². The second-order valence-corrected chi connectivity index (χ2v) is 3.74. The zero-order valence-corrected chi connectivity index (χ0v) is 9.71. The van der Waals surface area contributed by atoms with Crippen LogP contribution in [0, 0.1) is 22.2 Å². The minimum Gasteiger partial charge on any atom is -0.711 e. The van der Waals surface area contributed by atoms with Crippen molar-refractivity contribution in [2.24, 2.45) is 0 Å². The van der Waals surface area contributed by atoms with Crippen molar-refractivity contribution in [2.45, 2.75) is 26.3 Å². The molecule has 0 fully saturated rings. The Morgan fingerprint density at radius 1 is 1.65 bits per heavy atom. The highest BCUT2D eigenvalue weighted by Gasteiger charge is 2.19. The van der Waals surface area contributed by atoms with Crippen LogP contribution in [0.2, 0.25) is 0 Å². The van der Waals surface area contributed by atoms with Crippen LogP contribution in [0.1, 0.15) is 18.9 Å². The second kappa shape index (κ2) is 5.44. The molecule has 7 heteroatoms. The Kier molecular flexibility index (Phi) is 4.22. The molecule has 0 aliphatic heterocycles. The second-order valence-electron chi connectivity index (χ2n) is 3.74. The van der Waals surface area contributed by atoms with Crippen molar-refractivity contribution in [3.05, 3.63) is 33.1 Å². The molecular formula is C10H15N3O4. The van der Waals surface area contributed by atoms with Crippen molar-refractivity contribution < 1.29 is 14.8 Å². The van der Waals surface area contributed by atoms with E-state index in [1.54, 1.807) is 0 Å². The lowest BCUT2D eigenvalue weighted by Gasteiger charge is -2.14. The molecule has 17 heavy (non-hydrogen) atoms. The Labute approximate surface area is 98.4 Å². The van der Waals surface area contributed by atoms with Gasteiger partial charge in [-0.15, -0.1) is 0 Å². The van der Waals surface area contributed by atoms with Crippen molar-refractivity contribution in [3.63, 3.8) is 0 Å². The maximum absolute atomic E-state index is 11.5. The summed E-state index contributed by atoms with van der Waals surface area (Å²) in [5.74, 6) is 0.0724. The molecule has 0 saturated heterocycles. The lowest BCUT2D eigenvalue weighted by atomic mass is 10.2. The molecule has 0 aliphatic carbocycles. The molecule has 1 rings (SSSR count). The number of aliphatic hydroxyl groups excluding tert-OH is 1. The Bertz CT molecular complexity index is 418. The van der Waals surface area contributed by atoms with Gasteiger partial charge in [-0.3, -0.25) is 15.4 Å². The Morgan fingerprint density at radius 2 is 2.29 bits per heavy atom. The monoisotopic (exact) mass is 241 g/mol. The SMILES string of the molecule is CCC(CO)Nc1cc([N+](=O)[O-])c(C)c[n+]1[O-]. The minimum atomic E-state index is -0.541.